The number of fused-ring (bicyclic) bond motifs is 1. The molecule has 0 amide bonds. The zero-order valence-electron chi connectivity index (χ0n) is 7.41. The second-order valence-electron chi connectivity index (χ2n) is 2.81. The third kappa shape index (κ3) is 1.06. The fraction of sp³-hybridized carbons (Fsp3) is 0.222. The van der Waals surface area contributed by atoms with Crippen LogP contribution in [-0.4, -0.2) is 16.7 Å². The van der Waals surface area contributed by atoms with Gasteiger partial charge in [-0.05, 0) is 12.1 Å². The van der Waals surface area contributed by atoms with Gasteiger partial charge in [-0.2, -0.15) is 0 Å². The van der Waals surface area contributed by atoms with Gasteiger partial charge >= 0.3 is 0 Å². The van der Waals surface area contributed by atoms with Crippen LogP contribution in [0.2, 0.25) is 0 Å². The van der Waals surface area contributed by atoms with Crippen LogP contribution in [0.1, 0.15) is 0 Å². The molecule has 0 spiro atoms. The first-order valence-corrected chi connectivity index (χ1v) is 3.87. The van der Waals surface area contributed by atoms with Crippen molar-refractivity contribution < 1.29 is 9.13 Å². The standard InChI is InChI=1S/C9H9FN2O/c1-12-5-11-6-3-4-7(13-2)8(10)9(6)12/h3-5H,1-2H3. The molecule has 0 N–H and O–H groups in total. The fourth-order valence-corrected chi connectivity index (χ4v) is 1.34. The fourth-order valence-electron chi connectivity index (χ4n) is 1.34. The van der Waals surface area contributed by atoms with Gasteiger partial charge in [0, 0.05) is 7.05 Å². The summed E-state index contributed by atoms with van der Waals surface area (Å²) in [4.78, 5) is 4.02. The summed E-state index contributed by atoms with van der Waals surface area (Å²) < 4.78 is 20.1. The van der Waals surface area contributed by atoms with Crippen LogP contribution in [0, 0.1) is 5.82 Å². The van der Waals surface area contributed by atoms with Crippen molar-refractivity contribution in [2.75, 3.05) is 7.11 Å². The Kier molecular flexibility index (Phi) is 1.69. The zero-order chi connectivity index (χ0) is 9.42. The quantitative estimate of drug-likeness (QED) is 0.668. The van der Waals surface area contributed by atoms with Crippen LogP contribution in [0.15, 0.2) is 18.5 Å². The first-order valence-electron chi connectivity index (χ1n) is 3.87. The molecule has 0 bridgehead atoms. The molecule has 0 radical (unpaired) electrons. The molecule has 0 fully saturated rings. The summed E-state index contributed by atoms with van der Waals surface area (Å²) in [5.74, 6) is -0.115. The molecule has 2 rings (SSSR count). The van der Waals surface area contributed by atoms with Gasteiger partial charge < -0.3 is 9.30 Å². The molecule has 1 heterocycles. The highest BCUT2D eigenvalue weighted by Crippen LogP contribution is 2.24. The molecule has 0 aliphatic carbocycles. The molecule has 0 unspecified atom stereocenters. The average molecular weight is 180 g/mol. The molecule has 68 valence electrons. The third-order valence-electron chi connectivity index (χ3n) is 2.00. The average Bonchev–Trinajstić information content (AvgIpc) is 2.49. The van der Waals surface area contributed by atoms with Crippen molar-refractivity contribution in [3.05, 3.63) is 24.3 Å². The van der Waals surface area contributed by atoms with Crippen LogP contribution in [0.4, 0.5) is 4.39 Å². The van der Waals surface area contributed by atoms with E-state index in [0.29, 0.717) is 11.0 Å². The summed E-state index contributed by atoms with van der Waals surface area (Å²) in [6.45, 7) is 0. The molecular weight excluding hydrogens is 171 g/mol. The van der Waals surface area contributed by atoms with Crippen molar-refractivity contribution in [3.8, 4) is 5.75 Å². The van der Waals surface area contributed by atoms with Gasteiger partial charge in [-0.1, -0.05) is 0 Å². The lowest BCUT2D eigenvalue weighted by molar-refractivity contribution is 0.388. The number of imidazole rings is 1. The maximum Gasteiger partial charge on any atom is 0.190 e. The van der Waals surface area contributed by atoms with Gasteiger partial charge in [0.1, 0.15) is 5.52 Å². The number of ether oxygens (including phenoxy) is 1. The topological polar surface area (TPSA) is 27.1 Å². The first-order chi connectivity index (χ1) is 6.24. The van der Waals surface area contributed by atoms with Crippen molar-refractivity contribution in [1.29, 1.82) is 0 Å². The Morgan fingerprint density at radius 1 is 1.46 bits per heavy atom. The van der Waals surface area contributed by atoms with Crippen molar-refractivity contribution in [2.45, 2.75) is 0 Å². The smallest absolute Gasteiger partial charge is 0.190 e. The lowest BCUT2D eigenvalue weighted by atomic mass is 10.3. The Labute approximate surface area is 74.8 Å². The lowest BCUT2D eigenvalue weighted by Crippen LogP contribution is -1.92. The third-order valence-corrected chi connectivity index (χ3v) is 2.00. The molecule has 0 saturated heterocycles. The minimum Gasteiger partial charge on any atom is -0.494 e. The molecule has 4 heteroatoms. The van der Waals surface area contributed by atoms with Gasteiger partial charge in [-0.3, -0.25) is 0 Å². The van der Waals surface area contributed by atoms with Crippen LogP contribution < -0.4 is 4.74 Å². The van der Waals surface area contributed by atoms with Crippen molar-refractivity contribution >= 4 is 11.0 Å². The number of halogens is 1. The van der Waals surface area contributed by atoms with Gasteiger partial charge in [-0.15, -0.1) is 0 Å². The van der Waals surface area contributed by atoms with E-state index in [4.69, 9.17) is 4.74 Å². The Balaban J connectivity index is 2.83. The number of rotatable bonds is 1. The monoisotopic (exact) mass is 180 g/mol. The summed E-state index contributed by atoms with van der Waals surface area (Å²) >= 11 is 0. The Hall–Kier alpha value is -1.58. The van der Waals surface area contributed by atoms with E-state index in [1.54, 1.807) is 30.1 Å². The molecular formula is C9H9FN2O. The van der Waals surface area contributed by atoms with Gasteiger partial charge in [-0.25, -0.2) is 9.37 Å². The minimum atomic E-state index is -0.361. The molecule has 0 saturated carbocycles. The van der Waals surface area contributed by atoms with Gasteiger partial charge in [0.2, 0.25) is 0 Å². The summed E-state index contributed by atoms with van der Waals surface area (Å²) in [6.07, 6.45) is 1.58. The number of methoxy groups -OCH3 is 1. The Morgan fingerprint density at radius 2 is 2.23 bits per heavy atom. The summed E-state index contributed by atoms with van der Waals surface area (Å²) in [5.41, 5.74) is 1.11. The molecule has 0 aliphatic heterocycles. The van der Waals surface area contributed by atoms with Crippen LogP contribution >= 0.6 is 0 Å². The number of nitrogens with zero attached hydrogens (tertiary/aromatic N) is 2. The number of hydrogen-bond donors (Lipinski definition) is 0. The normalized spacial score (nSPS) is 10.7. The Bertz CT molecular complexity index is 450. The summed E-state index contributed by atoms with van der Waals surface area (Å²) in [6, 6.07) is 3.31. The minimum absolute atomic E-state index is 0.246. The SMILES string of the molecule is COc1ccc2ncn(C)c2c1F. The predicted octanol–water partition coefficient (Wildman–Crippen LogP) is 1.72. The largest absolute Gasteiger partial charge is 0.494 e. The van der Waals surface area contributed by atoms with E-state index in [2.05, 4.69) is 4.98 Å². The highest BCUT2D eigenvalue weighted by atomic mass is 19.1. The summed E-state index contributed by atoms with van der Waals surface area (Å²) in [5, 5.41) is 0. The van der Waals surface area contributed by atoms with Crippen molar-refractivity contribution in [3.63, 3.8) is 0 Å². The number of aromatic nitrogens is 2. The Morgan fingerprint density at radius 3 is 2.92 bits per heavy atom. The van der Waals surface area contributed by atoms with Crippen LogP contribution in [0.5, 0.6) is 5.75 Å². The van der Waals surface area contributed by atoms with E-state index < -0.39 is 0 Å². The lowest BCUT2D eigenvalue weighted by Gasteiger charge is -2.02. The number of aryl methyl sites for hydroxylation is 1. The molecule has 2 aromatic rings. The molecule has 13 heavy (non-hydrogen) atoms. The second-order valence-corrected chi connectivity index (χ2v) is 2.81. The van der Waals surface area contributed by atoms with Crippen molar-refractivity contribution in [1.82, 2.24) is 9.55 Å². The highest BCUT2D eigenvalue weighted by Gasteiger charge is 2.10. The van der Waals surface area contributed by atoms with Gasteiger partial charge in [0.15, 0.2) is 11.6 Å². The highest BCUT2D eigenvalue weighted by molar-refractivity contribution is 5.77. The van der Waals surface area contributed by atoms with Crippen molar-refractivity contribution in [2.24, 2.45) is 7.05 Å². The van der Waals surface area contributed by atoms with Crippen LogP contribution in [0.25, 0.3) is 11.0 Å². The maximum atomic E-state index is 13.6. The molecule has 1 aromatic carbocycles. The molecule has 1 aromatic heterocycles. The van der Waals surface area contributed by atoms with E-state index >= 15 is 0 Å². The number of benzene rings is 1. The van der Waals surface area contributed by atoms with Gasteiger partial charge in [0.25, 0.3) is 0 Å². The van der Waals surface area contributed by atoms with E-state index in [0.717, 1.165) is 0 Å². The second kappa shape index (κ2) is 2.73. The van der Waals surface area contributed by atoms with E-state index in [1.165, 1.54) is 7.11 Å². The summed E-state index contributed by atoms with van der Waals surface area (Å²) in [7, 11) is 3.19. The zero-order valence-corrected chi connectivity index (χ0v) is 7.41. The molecule has 0 aliphatic rings. The van der Waals surface area contributed by atoms with E-state index in [1.807, 2.05) is 0 Å². The van der Waals surface area contributed by atoms with E-state index in [-0.39, 0.29) is 11.6 Å². The number of hydrogen-bond acceptors (Lipinski definition) is 2. The van der Waals surface area contributed by atoms with E-state index in [9.17, 15) is 4.39 Å². The van der Waals surface area contributed by atoms with Crippen LogP contribution in [-0.2, 0) is 7.05 Å². The maximum absolute atomic E-state index is 13.6. The van der Waals surface area contributed by atoms with Crippen LogP contribution in [0.3, 0.4) is 0 Å². The molecule has 3 nitrogen and oxygen atoms in total. The van der Waals surface area contributed by atoms with Gasteiger partial charge in [0.05, 0.1) is 19.0 Å². The predicted molar refractivity (Wildman–Crippen MR) is 47.2 cm³/mol. The molecule has 0 atom stereocenters. The first kappa shape index (κ1) is 8.04.